The number of esters is 1. The molecule has 0 aliphatic heterocycles. The Morgan fingerprint density at radius 3 is 2.53 bits per heavy atom. The zero-order valence-electron chi connectivity index (χ0n) is 9.26. The van der Waals surface area contributed by atoms with Gasteiger partial charge in [0.05, 0.1) is 17.9 Å². The minimum atomic E-state index is -0.513. The molecule has 0 heterocycles. The molecule has 0 fully saturated rings. The van der Waals surface area contributed by atoms with E-state index in [4.69, 9.17) is 4.74 Å². The van der Waals surface area contributed by atoms with Gasteiger partial charge in [-0.15, -0.1) is 0 Å². The van der Waals surface area contributed by atoms with Crippen LogP contribution in [0, 0.1) is 0 Å². The van der Waals surface area contributed by atoms with Crippen LogP contribution in [0.5, 0.6) is 0 Å². The molecule has 17 heavy (non-hydrogen) atoms. The highest BCUT2D eigenvalue weighted by atomic mass is 32.2. The van der Waals surface area contributed by atoms with E-state index in [-0.39, 0.29) is 6.79 Å². The summed E-state index contributed by atoms with van der Waals surface area (Å²) in [6, 6.07) is 8.51. The molecular weight excluding hydrogens is 242 g/mol. The number of hydrogen-bond acceptors (Lipinski definition) is 5. The molecule has 0 aliphatic rings. The van der Waals surface area contributed by atoms with Crippen molar-refractivity contribution in [3.63, 3.8) is 0 Å². The molecule has 1 aromatic rings. The van der Waals surface area contributed by atoms with Crippen molar-refractivity contribution in [2.75, 3.05) is 19.1 Å². The van der Waals surface area contributed by atoms with Crippen molar-refractivity contribution >= 4 is 23.0 Å². The molecule has 0 saturated carbocycles. The zero-order chi connectivity index (χ0) is 12.5. The van der Waals surface area contributed by atoms with Crippen LogP contribution >= 0.6 is 11.8 Å². The molecule has 0 unspecified atom stereocenters. The first-order chi connectivity index (χ1) is 8.24. The van der Waals surface area contributed by atoms with Crippen LogP contribution in [0.15, 0.2) is 30.3 Å². The third kappa shape index (κ3) is 5.37. The lowest BCUT2D eigenvalue weighted by atomic mass is 10.2. The van der Waals surface area contributed by atoms with Gasteiger partial charge in [0.15, 0.2) is 0 Å². The largest absolute Gasteiger partial charge is 0.424 e. The normalized spacial score (nSPS) is 9.71. The maximum absolute atomic E-state index is 11.4. The quantitative estimate of drug-likeness (QED) is 0.625. The van der Waals surface area contributed by atoms with E-state index in [0.717, 1.165) is 11.8 Å². The summed E-state index contributed by atoms with van der Waals surface area (Å²) in [6.07, 6.45) is 0. The first kappa shape index (κ1) is 13.5. The molecule has 0 spiro atoms. The second kappa shape index (κ2) is 7.70. The van der Waals surface area contributed by atoms with Gasteiger partial charge in [-0.25, -0.2) is 9.59 Å². The van der Waals surface area contributed by atoms with E-state index in [1.54, 1.807) is 30.3 Å². The van der Waals surface area contributed by atoms with E-state index in [9.17, 15) is 9.59 Å². The molecule has 0 aliphatic carbocycles. The molecule has 1 rings (SSSR count). The van der Waals surface area contributed by atoms with E-state index < -0.39 is 11.3 Å². The summed E-state index contributed by atoms with van der Waals surface area (Å²) in [4.78, 5) is 22.5. The van der Waals surface area contributed by atoms with Crippen molar-refractivity contribution in [3.05, 3.63) is 35.9 Å². The summed E-state index contributed by atoms with van der Waals surface area (Å²) in [5, 5.41) is -0.463. The predicted octanol–water partition coefficient (Wildman–Crippen LogP) is 0.913. The van der Waals surface area contributed by atoms with E-state index in [1.165, 1.54) is 0 Å². The Hall–Kier alpha value is -1.53. The van der Waals surface area contributed by atoms with Gasteiger partial charge in [0.1, 0.15) is 0 Å². The number of rotatable bonds is 5. The van der Waals surface area contributed by atoms with E-state index >= 15 is 0 Å². The topological polar surface area (TPSA) is 80.2 Å². The Kier molecular flexibility index (Phi) is 6.13. The molecule has 5 nitrogen and oxygen atoms in total. The van der Waals surface area contributed by atoms with Gasteiger partial charge in [-0.1, -0.05) is 18.2 Å². The van der Waals surface area contributed by atoms with Gasteiger partial charge in [0.25, 0.3) is 0 Å². The molecule has 92 valence electrons. The third-order valence-electron chi connectivity index (χ3n) is 1.74. The van der Waals surface area contributed by atoms with Crippen molar-refractivity contribution in [2.24, 2.45) is 0 Å². The Balaban J connectivity index is 2.23. The summed E-state index contributed by atoms with van der Waals surface area (Å²) in [5.41, 5.74) is 4.02. The van der Waals surface area contributed by atoms with Crippen LogP contribution < -0.4 is 5.73 Å². The second-order valence-electron chi connectivity index (χ2n) is 3.01. The van der Waals surface area contributed by atoms with Gasteiger partial charge in [-0.2, -0.15) is 0 Å². The minimum absolute atomic E-state index is 0.364. The van der Waals surface area contributed by atoms with E-state index in [1.807, 2.05) is 0 Å². The molecule has 0 saturated heterocycles. The molecule has 6 heteroatoms. The summed E-state index contributed by atoms with van der Waals surface area (Å²) in [5.74, 6) is 0.0754. The van der Waals surface area contributed by atoms with Gasteiger partial charge < -0.3 is 15.2 Å². The predicted molar refractivity (Wildman–Crippen MR) is 63.4 cm³/mol. The van der Waals surface area contributed by atoms with Crippen LogP contribution in [-0.4, -0.2) is 30.4 Å². The van der Waals surface area contributed by atoms with Gasteiger partial charge in [-0.05, 0) is 23.9 Å². The number of ether oxygens (including phenoxy) is 2. The van der Waals surface area contributed by atoms with E-state index in [2.05, 4.69) is 10.5 Å². The molecule has 0 amide bonds. The summed E-state index contributed by atoms with van der Waals surface area (Å²) in [6.45, 7) is 0.278. The Morgan fingerprint density at radius 1 is 1.18 bits per heavy atom. The van der Waals surface area contributed by atoms with Crippen LogP contribution in [0.1, 0.15) is 10.4 Å². The number of thioether (sulfide) groups is 1. The van der Waals surface area contributed by atoms with Crippen molar-refractivity contribution in [3.8, 4) is 0 Å². The van der Waals surface area contributed by atoms with Crippen LogP contribution in [0.3, 0.4) is 0 Å². The standard InChI is InChI=1S/C11H13NO4S/c12-6-7-17-11(14)16-8-15-10(13)9-4-2-1-3-5-9/h1-5H,6-8,12H2/p+1. The summed E-state index contributed by atoms with van der Waals surface area (Å²) in [7, 11) is 0. The van der Waals surface area contributed by atoms with Crippen LogP contribution in [0.4, 0.5) is 4.79 Å². The number of quaternary nitrogens is 1. The molecule has 0 bridgehead atoms. The number of benzene rings is 1. The first-order valence-electron chi connectivity index (χ1n) is 5.05. The highest BCUT2D eigenvalue weighted by Crippen LogP contribution is 2.05. The third-order valence-corrected chi connectivity index (χ3v) is 2.59. The van der Waals surface area contributed by atoms with Crippen molar-refractivity contribution in [1.29, 1.82) is 0 Å². The second-order valence-corrected chi connectivity index (χ2v) is 4.04. The van der Waals surface area contributed by atoms with Crippen molar-refractivity contribution in [1.82, 2.24) is 0 Å². The average Bonchev–Trinajstić information content (AvgIpc) is 2.37. The highest BCUT2D eigenvalue weighted by molar-refractivity contribution is 8.13. The molecule has 1 aromatic carbocycles. The van der Waals surface area contributed by atoms with Crippen LogP contribution in [0.25, 0.3) is 0 Å². The van der Waals surface area contributed by atoms with Gasteiger partial charge in [0.2, 0.25) is 6.79 Å². The van der Waals surface area contributed by atoms with Gasteiger partial charge in [-0.3, -0.25) is 0 Å². The lowest BCUT2D eigenvalue weighted by molar-refractivity contribution is -0.360. The van der Waals surface area contributed by atoms with Crippen molar-refractivity contribution in [2.45, 2.75) is 0 Å². The monoisotopic (exact) mass is 256 g/mol. The first-order valence-corrected chi connectivity index (χ1v) is 6.03. The Morgan fingerprint density at radius 2 is 1.88 bits per heavy atom. The van der Waals surface area contributed by atoms with Gasteiger partial charge >= 0.3 is 11.3 Å². The van der Waals surface area contributed by atoms with E-state index in [0.29, 0.717) is 17.9 Å². The minimum Gasteiger partial charge on any atom is -0.424 e. The summed E-state index contributed by atoms with van der Waals surface area (Å²) < 4.78 is 9.46. The zero-order valence-corrected chi connectivity index (χ0v) is 10.1. The lowest BCUT2D eigenvalue weighted by Gasteiger charge is -2.05. The fourth-order valence-corrected chi connectivity index (χ4v) is 1.43. The molecular formula is C11H14NO4S+. The Labute approximate surface area is 103 Å². The lowest BCUT2D eigenvalue weighted by Crippen LogP contribution is -2.51. The maximum Gasteiger partial charge on any atom is 0.370 e. The van der Waals surface area contributed by atoms with Crippen LogP contribution in [-0.2, 0) is 9.47 Å². The number of carbonyl (C=O) groups excluding carboxylic acids is 2. The van der Waals surface area contributed by atoms with Crippen LogP contribution in [0.2, 0.25) is 0 Å². The SMILES string of the molecule is [NH3+]CCSC(=O)OCOC(=O)c1ccccc1. The number of carbonyl (C=O) groups is 2. The average molecular weight is 256 g/mol. The fraction of sp³-hybridized carbons (Fsp3) is 0.273. The maximum atomic E-state index is 11.4. The highest BCUT2D eigenvalue weighted by Gasteiger charge is 2.08. The van der Waals surface area contributed by atoms with Gasteiger partial charge in [0, 0.05) is 0 Å². The molecule has 0 radical (unpaired) electrons. The molecule has 0 atom stereocenters. The Bertz CT molecular complexity index is 369. The number of hydrogen-bond donors (Lipinski definition) is 1. The summed E-state index contributed by atoms with van der Waals surface area (Å²) >= 11 is 1.01. The van der Waals surface area contributed by atoms with Crippen molar-refractivity contribution < 1.29 is 24.8 Å². The molecule has 3 N–H and O–H groups in total. The smallest absolute Gasteiger partial charge is 0.370 e. The fourth-order valence-electron chi connectivity index (χ4n) is 0.986. The molecule has 0 aromatic heterocycles.